The summed E-state index contributed by atoms with van der Waals surface area (Å²) in [5.41, 5.74) is 0.149. The molecule has 166 valence electrons. The molecule has 2 aromatic rings. The second-order valence-corrected chi connectivity index (χ2v) is 15.8. The van der Waals surface area contributed by atoms with E-state index in [2.05, 4.69) is 29.6 Å². The molecule has 0 aromatic carbocycles. The van der Waals surface area contributed by atoms with Crippen molar-refractivity contribution in [2.45, 2.75) is 64.9 Å². The summed E-state index contributed by atoms with van der Waals surface area (Å²) in [6.45, 7) is 14.5. The van der Waals surface area contributed by atoms with E-state index in [0.29, 0.717) is 31.3 Å². The fourth-order valence-corrected chi connectivity index (χ4v) is 3.81. The summed E-state index contributed by atoms with van der Waals surface area (Å²) >= 11 is 6.13. The molecule has 3 rings (SSSR count). The van der Waals surface area contributed by atoms with Gasteiger partial charge >= 0.3 is 6.09 Å². The topological polar surface area (TPSA) is 78.7 Å². The van der Waals surface area contributed by atoms with Crippen molar-refractivity contribution in [2.24, 2.45) is 0 Å². The lowest BCUT2D eigenvalue weighted by molar-refractivity contribution is -0.0228. The third-order valence-electron chi connectivity index (χ3n) is 4.56. The van der Waals surface area contributed by atoms with Gasteiger partial charge in [0.1, 0.15) is 18.4 Å². The van der Waals surface area contributed by atoms with Crippen LogP contribution in [0, 0.1) is 0 Å². The van der Waals surface area contributed by atoms with E-state index in [-0.39, 0.29) is 17.5 Å². The van der Waals surface area contributed by atoms with E-state index < -0.39 is 13.7 Å². The van der Waals surface area contributed by atoms with Gasteiger partial charge in [0.15, 0.2) is 5.65 Å². The summed E-state index contributed by atoms with van der Waals surface area (Å²) in [7, 11) is -1.13. The summed E-state index contributed by atoms with van der Waals surface area (Å²) in [6.07, 6.45) is 1.39. The van der Waals surface area contributed by atoms with Crippen LogP contribution in [0.4, 0.5) is 4.79 Å². The van der Waals surface area contributed by atoms with E-state index in [1.165, 1.54) is 0 Å². The molecule has 0 aliphatic carbocycles. The SMILES string of the molecule is CC(C)(C)OC(=O)N1CC(Oc2nc(Cl)nc3c2ccn3COCC[Si](C)(C)C)C1. The molecule has 1 saturated heterocycles. The number of carbonyl (C=O) groups excluding carboxylic acids is 1. The third kappa shape index (κ3) is 6.09. The van der Waals surface area contributed by atoms with E-state index in [1.54, 1.807) is 4.90 Å². The molecule has 1 amide bonds. The zero-order valence-electron chi connectivity index (χ0n) is 18.6. The van der Waals surface area contributed by atoms with Gasteiger partial charge in [0, 0.05) is 20.9 Å². The summed E-state index contributed by atoms with van der Waals surface area (Å²) in [5.74, 6) is 0.416. The Kier molecular flexibility index (Phi) is 6.64. The van der Waals surface area contributed by atoms with Gasteiger partial charge in [0.25, 0.3) is 0 Å². The average molecular weight is 455 g/mol. The first-order valence-corrected chi connectivity index (χ1v) is 14.2. The number of hydrogen-bond donors (Lipinski definition) is 0. The highest BCUT2D eigenvalue weighted by Crippen LogP contribution is 2.28. The summed E-state index contributed by atoms with van der Waals surface area (Å²) in [4.78, 5) is 22.3. The van der Waals surface area contributed by atoms with E-state index in [1.807, 2.05) is 37.6 Å². The Labute approximate surface area is 183 Å². The van der Waals surface area contributed by atoms with Crippen molar-refractivity contribution in [3.05, 3.63) is 17.5 Å². The lowest BCUT2D eigenvalue weighted by Gasteiger charge is -2.39. The Morgan fingerprint density at radius 3 is 2.60 bits per heavy atom. The molecule has 10 heteroatoms. The maximum absolute atomic E-state index is 12.1. The fraction of sp³-hybridized carbons (Fsp3) is 0.650. The Morgan fingerprint density at radius 2 is 1.97 bits per heavy atom. The Hall–Kier alpha value is -1.84. The molecule has 3 heterocycles. The van der Waals surface area contributed by atoms with Crippen LogP contribution in [-0.2, 0) is 16.2 Å². The average Bonchev–Trinajstić information content (AvgIpc) is 2.94. The molecule has 30 heavy (non-hydrogen) atoms. The standard InChI is InChI=1S/C20H31ClN4O4Si/c1-20(2,3)29-19(26)25-11-14(12-25)28-17-15-7-8-24(16(15)22-18(21)23-17)13-27-9-10-30(4,5)6/h7-8,14H,9-13H2,1-6H3. The Bertz CT molecular complexity index is 901. The third-order valence-corrected chi connectivity index (χ3v) is 6.43. The first-order valence-electron chi connectivity index (χ1n) is 10.2. The molecule has 0 unspecified atom stereocenters. The zero-order chi connectivity index (χ0) is 22.1. The van der Waals surface area contributed by atoms with E-state index in [0.717, 1.165) is 18.0 Å². The smallest absolute Gasteiger partial charge is 0.410 e. The first-order chi connectivity index (χ1) is 13.9. The number of aromatic nitrogens is 3. The number of ether oxygens (including phenoxy) is 3. The van der Waals surface area contributed by atoms with E-state index >= 15 is 0 Å². The Morgan fingerprint density at radius 1 is 1.27 bits per heavy atom. The van der Waals surface area contributed by atoms with Crippen molar-refractivity contribution in [1.82, 2.24) is 19.4 Å². The minimum Gasteiger partial charge on any atom is -0.470 e. The Balaban J connectivity index is 1.61. The van der Waals surface area contributed by atoms with Crippen LogP contribution in [0.1, 0.15) is 20.8 Å². The van der Waals surface area contributed by atoms with Crippen molar-refractivity contribution in [3.63, 3.8) is 0 Å². The number of likely N-dealkylation sites (tertiary alicyclic amines) is 1. The van der Waals surface area contributed by atoms with Gasteiger partial charge in [-0.2, -0.15) is 9.97 Å². The van der Waals surface area contributed by atoms with Gasteiger partial charge in [-0.1, -0.05) is 19.6 Å². The summed E-state index contributed by atoms with van der Waals surface area (Å²) < 4.78 is 19.1. The predicted molar refractivity (Wildman–Crippen MR) is 119 cm³/mol. The van der Waals surface area contributed by atoms with Crippen LogP contribution in [0.15, 0.2) is 12.3 Å². The number of halogens is 1. The molecule has 1 aliphatic rings. The van der Waals surface area contributed by atoms with E-state index in [4.69, 9.17) is 25.8 Å². The van der Waals surface area contributed by atoms with Gasteiger partial charge in [-0.05, 0) is 44.5 Å². The quantitative estimate of drug-likeness (QED) is 0.350. The van der Waals surface area contributed by atoms with Crippen LogP contribution in [0.3, 0.4) is 0 Å². The van der Waals surface area contributed by atoms with Crippen LogP contribution in [-0.4, -0.2) is 65.0 Å². The van der Waals surface area contributed by atoms with Gasteiger partial charge in [-0.25, -0.2) is 4.79 Å². The highest BCUT2D eigenvalue weighted by Gasteiger charge is 2.35. The van der Waals surface area contributed by atoms with Gasteiger partial charge in [-0.15, -0.1) is 0 Å². The van der Waals surface area contributed by atoms with Crippen LogP contribution in [0.5, 0.6) is 5.88 Å². The van der Waals surface area contributed by atoms with Crippen LogP contribution in [0.2, 0.25) is 31.0 Å². The largest absolute Gasteiger partial charge is 0.470 e. The van der Waals surface area contributed by atoms with Gasteiger partial charge in [0.2, 0.25) is 11.2 Å². The molecule has 0 N–H and O–H groups in total. The number of amides is 1. The molecular weight excluding hydrogens is 424 g/mol. The molecule has 8 nitrogen and oxygen atoms in total. The number of rotatable bonds is 7. The number of fused-ring (bicyclic) bond motifs is 1. The molecule has 0 radical (unpaired) electrons. The van der Waals surface area contributed by atoms with Crippen molar-refractivity contribution < 1.29 is 19.0 Å². The molecule has 0 spiro atoms. The van der Waals surface area contributed by atoms with E-state index in [9.17, 15) is 4.79 Å². The highest BCUT2D eigenvalue weighted by atomic mass is 35.5. The fourth-order valence-electron chi connectivity index (χ4n) is 2.89. The predicted octanol–water partition coefficient (Wildman–Crippen LogP) is 4.40. The zero-order valence-corrected chi connectivity index (χ0v) is 20.3. The van der Waals surface area contributed by atoms with Crippen molar-refractivity contribution in [3.8, 4) is 5.88 Å². The van der Waals surface area contributed by atoms with Gasteiger partial charge < -0.3 is 23.7 Å². The maximum atomic E-state index is 12.1. The summed E-state index contributed by atoms with van der Waals surface area (Å²) in [5, 5.41) is 0.881. The number of hydrogen-bond acceptors (Lipinski definition) is 6. The molecule has 1 fully saturated rings. The second-order valence-electron chi connectivity index (χ2n) is 9.79. The molecule has 1 aliphatic heterocycles. The van der Waals surface area contributed by atoms with Gasteiger partial charge in [0.05, 0.1) is 18.5 Å². The minimum absolute atomic E-state index is 0.114. The summed E-state index contributed by atoms with van der Waals surface area (Å²) in [6, 6.07) is 3.00. The molecule has 0 saturated carbocycles. The van der Waals surface area contributed by atoms with Crippen LogP contribution >= 0.6 is 11.6 Å². The molecular formula is C20H31ClN4O4Si. The van der Waals surface area contributed by atoms with Gasteiger partial charge in [-0.3, -0.25) is 0 Å². The highest BCUT2D eigenvalue weighted by molar-refractivity contribution is 6.76. The van der Waals surface area contributed by atoms with Crippen molar-refractivity contribution in [2.75, 3.05) is 19.7 Å². The first kappa shape index (κ1) is 22.8. The monoisotopic (exact) mass is 454 g/mol. The van der Waals surface area contributed by atoms with Crippen LogP contribution < -0.4 is 4.74 Å². The lowest BCUT2D eigenvalue weighted by atomic mass is 10.1. The molecule has 0 atom stereocenters. The second kappa shape index (κ2) is 8.72. The van der Waals surface area contributed by atoms with Crippen molar-refractivity contribution in [1.29, 1.82) is 0 Å². The normalized spacial score (nSPS) is 15.4. The lowest BCUT2D eigenvalue weighted by Crippen LogP contribution is -2.57. The molecule has 0 bridgehead atoms. The number of nitrogens with zero attached hydrogens (tertiary/aromatic N) is 4. The molecule has 2 aromatic heterocycles. The van der Waals surface area contributed by atoms with Crippen LogP contribution in [0.25, 0.3) is 11.0 Å². The maximum Gasteiger partial charge on any atom is 0.410 e. The number of carbonyl (C=O) groups is 1. The van der Waals surface area contributed by atoms with Crippen molar-refractivity contribution >= 4 is 36.8 Å². The minimum atomic E-state index is -1.13.